The SMILES string of the molecule is [B](Oc1ccccc1)Oc1ccccc1.c1ccc2cc3ccccc3cc2c1. The molecule has 2 nitrogen and oxygen atoms in total. The molecule has 0 spiro atoms. The van der Waals surface area contributed by atoms with Crippen molar-refractivity contribution in [2.24, 2.45) is 0 Å². The molecule has 0 aliphatic heterocycles. The van der Waals surface area contributed by atoms with Gasteiger partial charge in [-0.25, -0.2) is 0 Å². The zero-order chi connectivity index (χ0) is 19.7. The van der Waals surface area contributed by atoms with Crippen molar-refractivity contribution in [3.05, 3.63) is 121 Å². The van der Waals surface area contributed by atoms with Gasteiger partial charge in [-0.15, -0.1) is 0 Å². The van der Waals surface area contributed by atoms with Gasteiger partial charge in [0.25, 0.3) is 0 Å². The molecule has 0 aliphatic rings. The molecular formula is C26H20BO2. The molecule has 0 amide bonds. The summed E-state index contributed by atoms with van der Waals surface area (Å²) in [6, 6.07) is 40.4. The van der Waals surface area contributed by atoms with Crippen molar-refractivity contribution in [3.63, 3.8) is 0 Å². The van der Waals surface area contributed by atoms with Gasteiger partial charge in [-0.2, -0.15) is 0 Å². The van der Waals surface area contributed by atoms with Gasteiger partial charge in [0.2, 0.25) is 0 Å². The van der Waals surface area contributed by atoms with Gasteiger partial charge in [0.15, 0.2) is 0 Å². The Balaban J connectivity index is 0.000000141. The van der Waals surface area contributed by atoms with Crippen LogP contribution in [0.15, 0.2) is 121 Å². The van der Waals surface area contributed by atoms with E-state index in [2.05, 4.69) is 60.7 Å². The van der Waals surface area contributed by atoms with E-state index in [1.54, 1.807) is 0 Å². The van der Waals surface area contributed by atoms with E-state index in [0.29, 0.717) is 0 Å². The Morgan fingerprint density at radius 3 is 1.03 bits per heavy atom. The summed E-state index contributed by atoms with van der Waals surface area (Å²) in [5.41, 5.74) is 0. The van der Waals surface area contributed by atoms with Gasteiger partial charge in [0.05, 0.1) is 0 Å². The summed E-state index contributed by atoms with van der Waals surface area (Å²) < 4.78 is 10.5. The van der Waals surface area contributed by atoms with Crippen molar-refractivity contribution in [2.45, 2.75) is 0 Å². The number of fused-ring (bicyclic) bond motifs is 2. The normalized spacial score (nSPS) is 10.1. The smallest absolute Gasteiger partial charge is 0.526 e. The Kier molecular flexibility index (Phi) is 6.09. The fraction of sp³-hybridized carbons (Fsp3) is 0. The van der Waals surface area contributed by atoms with E-state index in [1.165, 1.54) is 29.2 Å². The van der Waals surface area contributed by atoms with Crippen molar-refractivity contribution in [1.29, 1.82) is 0 Å². The third kappa shape index (κ3) is 5.17. The minimum absolute atomic E-state index is 0.758. The fourth-order valence-electron chi connectivity index (χ4n) is 3.02. The zero-order valence-electron chi connectivity index (χ0n) is 15.9. The summed E-state index contributed by atoms with van der Waals surface area (Å²) in [4.78, 5) is 0. The van der Waals surface area contributed by atoms with E-state index < -0.39 is 0 Å². The van der Waals surface area contributed by atoms with Gasteiger partial charge >= 0.3 is 7.69 Å². The molecule has 139 valence electrons. The van der Waals surface area contributed by atoms with Crippen LogP contribution < -0.4 is 9.31 Å². The molecule has 0 fully saturated rings. The molecule has 0 saturated carbocycles. The standard InChI is InChI=1S/C14H10.C12H10BO2/c1-2-6-12-10-14-8-4-3-7-13(14)9-11(12)5-1;1-3-7-11(8-4-1)14-13-15-12-9-5-2-6-10-12/h1-10H;1-10H. The minimum atomic E-state index is 0.758. The van der Waals surface area contributed by atoms with Crippen LogP contribution in [0.3, 0.4) is 0 Å². The van der Waals surface area contributed by atoms with Crippen LogP contribution in [0.25, 0.3) is 21.5 Å². The molecule has 5 aromatic carbocycles. The first kappa shape index (κ1) is 18.6. The van der Waals surface area contributed by atoms with Crippen LogP contribution >= 0.6 is 0 Å². The topological polar surface area (TPSA) is 18.5 Å². The average Bonchev–Trinajstić information content (AvgIpc) is 2.79. The summed E-state index contributed by atoms with van der Waals surface area (Å²) >= 11 is 0. The quantitative estimate of drug-likeness (QED) is 0.258. The molecule has 0 aliphatic carbocycles. The zero-order valence-corrected chi connectivity index (χ0v) is 15.9. The molecular weight excluding hydrogens is 355 g/mol. The van der Waals surface area contributed by atoms with Crippen LogP contribution in [-0.2, 0) is 0 Å². The van der Waals surface area contributed by atoms with Crippen molar-refractivity contribution in [1.82, 2.24) is 0 Å². The lowest BCUT2D eigenvalue weighted by Crippen LogP contribution is -2.10. The summed E-state index contributed by atoms with van der Waals surface area (Å²) in [6.07, 6.45) is 0. The third-order valence-corrected chi connectivity index (χ3v) is 4.47. The fourth-order valence-corrected chi connectivity index (χ4v) is 3.02. The summed E-state index contributed by atoms with van der Waals surface area (Å²) in [7, 11) is 1.32. The molecule has 5 rings (SSSR count). The van der Waals surface area contributed by atoms with Crippen LogP contribution in [0.1, 0.15) is 0 Å². The van der Waals surface area contributed by atoms with Gasteiger partial charge in [0, 0.05) is 0 Å². The van der Waals surface area contributed by atoms with Gasteiger partial charge < -0.3 is 9.31 Å². The van der Waals surface area contributed by atoms with Gasteiger partial charge in [-0.1, -0.05) is 84.9 Å². The number of rotatable bonds is 4. The molecule has 0 heterocycles. The second kappa shape index (κ2) is 9.47. The van der Waals surface area contributed by atoms with Gasteiger partial charge in [-0.3, -0.25) is 0 Å². The molecule has 0 bridgehead atoms. The lowest BCUT2D eigenvalue weighted by molar-refractivity contribution is 0.459. The largest absolute Gasteiger partial charge is 0.658 e. The molecule has 5 aromatic rings. The average molecular weight is 375 g/mol. The first-order chi connectivity index (χ1) is 14.4. The van der Waals surface area contributed by atoms with Crippen molar-refractivity contribution in [2.75, 3.05) is 0 Å². The minimum Gasteiger partial charge on any atom is -0.526 e. The molecule has 29 heavy (non-hydrogen) atoms. The number of benzene rings is 5. The van der Waals surface area contributed by atoms with Crippen LogP contribution in [0.2, 0.25) is 0 Å². The number of hydrogen-bond donors (Lipinski definition) is 0. The predicted molar refractivity (Wildman–Crippen MR) is 121 cm³/mol. The monoisotopic (exact) mass is 375 g/mol. The van der Waals surface area contributed by atoms with E-state index in [1.807, 2.05) is 60.7 Å². The Hall–Kier alpha value is -3.72. The molecule has 3 heteroatoms. The van der Waals surface area contributed by atoms with Crippen LogP contribution in [0, 0.1) is 0 Å². The summed E-state index contributed by atoms with van der Waals surface area (Å²) in [5.74, 6) is 1.52. The van der Waals surface area contributed by atoms with Gasteiger partial charge in [0.1, 0.15) is 11.5 Å². The molecule has 0 unspecified atom stereocenters. The summed E-state index contributed by atoms with van der Waals surface area (Å²) in [5, 5.41) is 5.25. The highest BCUT2D eigenvalue weighted by Crippen LogP contribution is 2.22. The number of hydrogen-bond acceptors (Lipinski definition) is 2. The highest BCUT2D eigenvalue weighted by Gasteiger charge is 1.99. The number of para-hydroxylation sites is 2. The Bertz CT molecular complexity index is 1030. The van der Waals surface area contributed by atoms with E-state index in [9.17, 15) is 0 Å². The van der Waals surface area contributed by atoms with Crippen molar-refractivity contribution < 1.29 is 9.31 Å². The molecule has 0 atom stereocenters. The maximum atomic E-state index is 5.26. The van der Waals surface area contributed by atoms with Crippen LogP contribution in [0.4, 0.5) is 0 Å². The van der Waals surface area contributed by atoms with Crippen molar-refractivity contribution in [3.8, 4) is 11.5 Å². The predicted octanol–water partition coefficient (Wildman–Crippen LogP) is 6.67. The lowest BCUT2D eigenvalue weighted by atomic mass is 10.0. The second-order valence-electron chi connectivity index (χ2n) is 6.50. The molecule has 0 N–H and O–H groups in total. The summed E-state index contributed by atoms with van der Waals surface area (Å²) in [6.45, 7) is 0. The van der Waals surface area contributed by atoms with E-state index in [4.69, 9.17) is 9.31 Å². The van der Waals surface area contributed by atoms with E-state index in [0.717, 1.165) is 11.5 Å². The third-order valence-electron chi connectivity index (χ3n) is 4.47. The first-order valence-electron chi connectivity index (χ1n) is 9.51. The second-order valence-corrected chi connectivity index (χ2v) is 6.50. The van der Waals surface area contributed by atoms with Gasteiger partial charge in [-0.05, 0) is 57.9 Å². The maximum Gasteiger partial charge on any atom is 0.658 e. The Morgan fingerprint density at radius 2 is 0.690 bits per heavy atom. The lowest BCUT2D eigenvalue weighted by Gasteiger charge is -2.05. The Labute approximate surface area is 171 Å². The molecule has 0 aromatic heterocycles. The maximum absolute atomic E-state index is 5.26. The highest BCUT2D eigenvalue weighted by molar-refractivity contribution is 6.20. The first-order valence-corrected chi connectivity index (χ1v) is 9.51. The molecule has 1 radical (unpaired) electrons. The highest BCUT2D eigenvalue weighted by atomic mass is 16.6. The van der Waals surface area contributed by atoms with E-state index in [-0.39, 0.29) is 0 Å². The molecule has 0 saturated heterocycles. The van der Waals surface area contributed by atoms with E-state index >= 15 is 0 Å². The van der Waals surface area contributed by atoms with Crippen LogP contribution in [-0.4, -0.2) is 7.69 Å². The van der Waals surface area contributed by atoms with Crippen LogP contribution in [0.5, 0.6) is 11.5 Å². The Morgan fingerprint density at radius 1 is 0.379 bits per heavy atom. The van der Waals surface area contributed by atoms with Crippen molar-refractivity contribution >= 4 is 29.2 Å².